The number of fused-ring (bicyclic) bond motifs is 3. The number of para-hydroxylation sites is 2. The molecule has 0 radical (unpaired) electrons. The third-order valence-electron chi connectivity index (χ3n) is 5.16. The molecule has 1 heterocycles. The van der Waals surface area contributed by atoms with E-state index in [4.69, 9.17) is 0 Å². The molecule has 0 aliphatic carbocycles. The Balaban J connectivity index is 1.94. The van der Waals surface area contributed by atoms with E-state index in [0.717, 1.165) is 33.1 Å². The van der Waals surface area contributed by atoms with Gasteiger partial charge in [-0.2, -0.15) is 0 Å². The van der Waals surface area contributed by atoms with Crippen LogP contribution in [0.5, 0.6) is 0 Å². The van der Waals surface area contributed by atoms with Crippen LogP contribution < -0.4 is 0 Å². The Morgan fingerprint density at radius 3 is 2.28 bits per heavy atom. The number of hydrogen-bond donors (Lipinski definition) is 0. The molecule has 0 aliphatic heterocycles. The molecule has 0 saturated carbocycles. The average Bonchev–Trinajstić information content (AvgIpc) is 3.09. The van der Waals surface area contributed by atoms with Crippen molar-refractivity contribution < 1.29 is 4.92 Å². The first kappa shape index (κ1) is 17.6. The second-order valence-corrected chi connectivity index (χ2v) is 7.72. The molecule has 140 valence electrons. The van der Waals surface area contributed by atoms with Gasteiger partial charge in [0.05, 0.1) is 21.5 Å². The van der Waals surface area contributed by atoms with Crippen molar-refractivity contribution in [3.05, 3.63) is 106 Å². The lowest BCUT2D eigenvalue weighted by Crippen LogP contribution is -1.94. The van der Waals surface area contributed by atoms with Gasteiger partial charge in [-0.05, 0) is 42.0 Å². The first-order chi connectivity index (χ1) is 14.1. The zero-order chi connectivity index (χ0) is 20.0. The third-order valence-corrected chi connectivity index (χ3v) is 5.65. The van der Waals surface area contributed by atoms with Gasteiger partial charge in [0.25, 0.3) is 5.69 Å². The minimum Gasteiger partial charge on any atom is -0.309 e. The van der Waals surface area contributed by atoms with Gasteiger partial charge >= 0.3 is 0 Å². The van der Waals surface area contributed by atoms with Crippen LogP contribution in [0.2, 0.25) is 0 Å². The van der Waals surface area contributed by atoms with Gasteiger partial charge in [0.2, 0.25) is 0 Å². The topological polar surface area (TPSA) is 48.1 Å². The van der Waals surface area contributed by atoms with Crippen molar-refractivity contribution >= 4 is 43.4 Å². The maximum Gasteiger partial charge on any atom is 0.278 e. The van der Waals surface area contributed by atoms with Gasteiger partial charge in [0.1, 0.15) is 0 Å². The maximum absolute atomic E-state index is 11.8. The number of nitrogens with zero attached hydrogens (tertiary/aromatic N) is 2. The summed E-state index contributed by atoms with van der Waals surface area (Å²) in [6.45, 7) is 0. The molecule has 0 saturated heterocycles. The van der Waals surface area contributed by atoms with Crippen molar-refractivity contribution in [1.82, 2.24) is 4.57 Å². The number of nitro groups is 1. The van der Waals surface area contributed by atoms with Gasteiger partial charge in [-0.3, -0.25) is 10.1 Å². The predicted octanol–water partition coefficient (Wildman–Crippen LogP) is 7.12. The highest BCUT2D eigenvalue weighted by Gasteiger charge is 2.21. The first-order valence-electron chi connectivity index (χ1n) is 9.17. The van der Waals surface area contributed by atoms with E-state index in [1.807, 2.05) is 54.6 Å². The van der Waals surface area contributed by atoms with Crippen LogP contribution in [0.15, 0.2) is 95.5 Å². The second kappa shape index (κ2) is 6.87. The zero-order valence-corrected chi connectivity index (χ0v) is 16.8. The molecule has 5 aromatic rings. The van der Waals surface area contributed by atoms with E-state index >= 15 is 0 Å². The SMILES string of the molecule is O=[N+]([O-])c1cc(Br)ccc1-c1cccc2c1c1ccccc1n2-c1ccccc1. The highest BCUT2D eigenvalue weighted by atomic mass is 79.9. The van der Waals surface area contributed by atoms with Crippen molar-refractivity contribution in [2.75, 3.05) is 0 Å². The summed E-state index contributed by atoms with van der Waals surface area (Å²) < 4.78 is 2.89. The summed E-state index contributed by atoms with van der Waals surface area (Å²) in [7, 11) is 0. The van der Waals surface area contributed by atoms with E-state index in [1.54, 1.807) is 6.07 Å². The van der Waals surface area contributed by atoms with E-state index in [9.17, 15) is 10.1 Å². The van der Waals surface area contributed by atoms with Crippen molar-refractivity contribution in [2.24, 2.45) is 0 Å². The molecule has 5 rings (SSSR count). The number of rotatable bonds is 3. The Kier molecular flexibility index (Phi) is 4.18. The molecule has 5 heteroatoms. The molecule has 29 heavy (non-hydrogen) atoms. The number of halogens is 1. The number of benzene rings is 4. The van der Waals surface area contributed by atoms with Crippen LogP contribution >= 0.6 is 15.9 Å². The van der Waals surface area contributed by atoms with Gasteiger partial charge in [-0.15, -0.1) is 0 Å². The van der Waals surface area contributed by atoms with Gasteiger partial charge < -0.3 is 4.57 Å². The summed E-state index contributed by atoms with van der Waals surface area (Å²) in [5, 5.41) is 13.8. The highest BCUT2D eigenvalue weighted by Crippen LogP contribution is 2.41. The monoisotopic (exact) mass is 442 g/mol. The van der Waals surface area contributed by atoms with Gasteiger partial charge in [0.15, 0.2) is 0 Å². The first-order valence-corrected chi connectivity index (χ1v) is 9.96. The molecule has 4 aromatic carbocycles. The average molecular weight is 443 g/mol. The maximum atomic E-state index is 11.8. The van der Waals surface area contributed by atoms with Crippen LogP contribution in [0.1, 0.15) is 0 Å². The molecule has 0 unspecified atom stereocenters. The van der Waals surface area contributed by atoms with E-state index < -0.39 is 0 Å². The lowest BCUT2D eigenvalue weighted by Gasteiger charge is -2.09. The molecule has 0 aliphatic rings. The quantitative estimate of drug-likeness (QED) is 0.220. The molecule has 0 fully saturated rings. The second-order valence-electron chi connectivity index (χ2n) is 6.81. The summed E-state index contributed by atoms with van der Waals surface area (Å²) in [4.78, 5) is 11.4. The van der Waals surface area contributed by atoms with Crippen LogP contribution in [0.3, 0.4) is 0 Å². The van der Waals surface area contributed by atoms with E-state index in [-0.39, 0.29) is 10.6 Å². The standard InChI is InChI=1S/C24H15BrN2O2/c25-16-13-14-18(23(15-16)27(28)29)19-10-6-12-22-24(19)20-9-4-5-11-21(20)26(22)17-7-2-1-3-8-17/h1-15H. The number of hydrogen-bond acceptors (Lipinski definition) is 2. The van der Waals surface area contributed by atoms with Gasteiger partial charge in [-0.1, -0.05) is 64.5 Å². The lowest BCUT2D eigenvalue weighted by molar-refractivity contribution is -0.384. The fourth-order valence-corrected chi connectivity index (χ4v) is 4.33. The summed E-state index contributed by atoms with van der Waals surface area (Å²) >= 11 is 3.35. The molecule has 0 amide bonds. The normalized spacial score (nSPS) is 11.2. The molecule has 0 N–H and O–H groups in total. The summed E-state index contributed by atoms with van der Waals surface area (Å²) in [6, 6.07) is 29.5. The fraction of sp³-hybridized carbons (Fsp3) is 0. The van der Waals surface area contributed by atoms with Crippen LogP contribution in [0.4, 0.5) is 5.69 Å². The van der Waals surface area contributed by atoms with Crippen LogP contribution in [-0.2, 0) is 0 Å². The molecule has 4 nitrogen and oxygen atoms in total. The molecular weight excluding hydrogens is 428 g/mol. The minimum absolute atomic E-state index is 0.0865. The van der Waals surface area contributed by atoms with Crippen molar-refractivity contribution in [3.63, 3.8) is 0 Å². The molecule has 0 atom stereocenters. The summed E-state index contributed by atoms with van der Waals surface area (Å²) in [6.07, 6.45) is 0. The number of nitro benzene ring substituents is 1. The van der Waals surface area contributed by atoms with Crippen molar-refractivity contribution in [1.29, 1.82) is 0 Å². The molecule has 0 spiro atoms. The Morgan fingerprint density at radius 2 is 1.48 bits per heavy atom. The summed E-state index contributed by atoms with van der Waals surface area (Å²) in [5.74, 6) is 0. The van der Waals surface area contributed by atoms with E-state index in [1.165, 1.54) is 0 Å². The highest BCUT2D eigenvalue weighted by molar-refractivity contribution is 9.10. The smallest absolute Gasteiger partial charge is 0.278 e. The molecule has 1 aromatic heterocycles. The summed E-state index contributed by atoms with van der Waals surface area (Å²) in [5.41, 5.74) is 4.70. The molecular formula is C24H15BrN2O2. The Bertz CT molecular complexity index is 1390. The fourth-order valence-electron chi connectivity index (χ4n) is 3.98. The van der Waals surface area contributed by atoms with E-state index in [2.05, 4.69) is 50.8 Å². The zero-order valence-electron chi connectivity index (χ0n) is 15.2. The van der Waals surface area contributed by atoms with Crippen LogP contribution in [0.25, 0.3) is 38.6 Å². The van der Waals surface area contributed by atoms with Crippen molar-refractivity contribution in [3.8, 4) is 16.8 Å². The third kappa shape index (κ3) is 2.82. The number of aromatic nitrogens is 1. The lowest BCUT2D eigenvalue weighted by atomic mass is 9.98. The van der Waals surface area contributed by atoms with E-state index in [0.29, 0.717) is 10.0 Å². The predicted molar refractivity (Wildman–Crippen MR) is 121 cm³/mol. The van der Waals surface area contributed by atoms with Crippen LogP contribution in [-0.4, -0.2) is 9.49 Å². The minimum atomic E-state index is -0.324. The Labute approximate surface area is 175 Å². The van der Waals surface area contributed by atoms with Gasteiger partial charge in [0, 0.05) is 27.0 Å². The Morgan fingerprint density at radius 1 is 0.759 bits per heavy atom. The van der Waals surface area contributed by atoms with Crippen LogP contribution in [0, 0.1) is 10.1 Å². The van der Waals surface area contributed by atoms with Crippen molar-refractivity contribution in [2.45, 2.75) is 0 Å². The van der Waals surface area contributed by atoms with Gasteiger partial charge in [-0.25, -0.2) is 0 Å². The molecule has 0 bridgehead atoms. The Hall–Kier alpha value is -3.44. The largest absolute Gasteiger partial charge is 0.309 e.